The molecule has 0 heterocycles. The topological polar surface area (TPSA) is 60.9 Å². The maximum atomic E-state index is 12.6. The summed E-state index contributed by atoms with van der Waals surface area (Å²) in [7, 11) is 1.88. The predicted octanol–water partition coefficient (Wildman–Crippen LogP) is 2.95. The van der Waals surface area contributed by atoms with Gasteiger partial charge in [0.25, 0.3) is 0 Å². The molecule has 1 aliphatic carbocycles. The first-order valence-corrected chi connectivity index (χ1v) is 7.68. The molecule has 0 aromatic rings. The maximum Gasteiger partial charge on any atom is 0.320 e. The van der Waals surface area contributed by atoms with E-state index in [2.05, 4.69) is 0 Å². The van der Waals surface area contributed by atoms with Crippen LogP contribution in [0.3, 0.4) is 0 Å². The Morgan fingerprint density at radius 3 is 2.30 bits per heavy atom. The normalized spacial score (nSPS) is 16.2. The SMILES string of the molecule is CC(C)N(CCCC(=O)O)C(=O)N(C)C1CCCCC1. The molecule has 1 saturated carbocycles. The van der Waals surface area contributed by atoms with Gasteiger partial charge in [-0.1, -0.05) is 19.3 Å². The van der Waals surface area contributed by atoms with Crippen LogP contribution in [-0.4, -0.2) is 52.6 Å². The van der Waals surface area contributed by atoms with E-state index >= 15 is 0 Å². The number of hydrogen-bond acceptors (Lipinski definition) is 2. The van der Waals surface area contributed by atoms with Crippen molar-refractivity contribution in [3.05, 3.63) is 0 Å². The first kappa shape index (κ1) is 16.8. The summed E-state index contributed by atoms with van der Waals surface area (Å²) in [4.78, 5) is 26.8. The minimum Gasteiger partial charge on any atom is -0.481 e. The number of carbonyl (C=O) groups excluding carboxylic acids is 1. The summed E-state index contributed by atoms with van der Waals surface area (Å²) >= 11 is 0. The average molecular weight is 284 g/mol. The highest BCUT2D eigenvalue weighted by atomic mass is 16.4. The fourth-order valence-electron chi connectivity index (χ4n) is 2.80. The zero-order valence-electron chi connectivity index (χ0n) is 13.0. The number of rotatable bonds is 6. The average Bonchev–Trinajstić information content (AvgIpc) is 2.42. The highest BCUT2D eigenvalue weighted by molar-refractivity contribution is 5.75. The molecule has 20 heavy (non-hydrogen) atoms. The summed E-state index contributed by atoms with van der Waals surface area (Å²) in [5.41, 5.74) is 0. The molecular weight excluding hydrogens is 256 g/mol. The summed E-state index contributed by atoms with van der Waals surface area (Å²) in [6, 6.07) is 0.483. The second-order valence-corrected chi connectivity index (χ2v) is 5.97. The lowest BCUT2D eigenvalue weighted by atomic mass is 9.94. The molecule has 0 atom stereocenters. The third kappa shape index (κ3) is 5.02. The Kier molecular flexibility index (Phi) is 6.82. The fraction of sp³-hybridized carbons (Fsp3) is 0.867. The summed E-state index contributed by atoms with van der Waals surface area (Å²) < 4.78 is 0. The van der Waals surface area contributed by atoms with E-state index in [9.17, 15) is 9.59 Å². The van der Waals surface area contributed by atoms with Crippen LogP contribution in [0.5, 0.6) is 0 Å². The number of carboxylic acid groups (broad SMARTS) is 1. The van der Waals surface area contributed by atoms with Gasteiger partial charge in [-0.25, -0.2) is 4.79 Å². The van der Waals surface area contributed by atoms with Gasteiger partial charge in [0.1, 0.15) is 0 Å². The molecular formula is C15H28N2O3. The molecule has 116 valence electrons. The number of carboxylic acids is 1. The Bertz CT molecular complexity index is 325. The summed E-state index contributed by atoms with van der Waals surface area (Å²) in [5.74, 6) is -0.804. The van der Waals surface area contributed by atoms with E-state index < -0.39 is 5.97 Å². The van der Waals surface area contributed by atoms with E-state index in [4.69, 9.17) is 5.11 Å². The second-order valence-electron chi connectivity index (χ2n) is 5.97. The lowest BCUT2D eigenvalue weighted by molar-refractivity contribution is -0.137. The second kappa shape index (κ2) is 8.12. The third-order valence-electron chi connectivity index (χ3n) is 4.08. The van der Waals surface area contributed by atoms with Crippen molar-refractivity contribution in [2.75, 3.05) is 13.6 Å². The molecule has 0 aromatic heterocycles. The van der Waals surface area contributed by atoms with Gasteiger partial charge in [0.2, 0.25) is 0 Å². The van der Waals surface area contributed by atoms with Gasteiger partial charge in [-0.05, 0) is 33.1 Å². The molecule has 0 radical (unpaired) electrons. The van der Waals surface area contributed by atoms with Crippen molar-refractivity contribution in [1.29, 1.82) is 0 Å². The third-order valence-corrected chi connectivity index (χ3v) is 4.08. The van der Waals surface area contributed by atoms with E-state index in [0.717, 1.165) is 12.8 Å². The van der Waals surface area contributed by atoms with Gasteiger partial charge in [-0.3, -0.25) is 4.79 Å². The lowest BCUT2D eigenvalue weighted by Gasteiger charge is -2.37. The molecule has 0 aromatic carbocycles. The fourth-order valence-corrected chi connectivity index (χ4v) is 2.80. The van der Waals surface area contributed by atoms with Crippen LogP contribution >= 0.6 is 0 Å². The van der Waals surface area contributed by atoms with Crippen LogP contribution in [0.2, 0.25) is 0 Å². The Morgan fingerprint density at radius 2 is 1.80 bits per heavy atom. The molecule has 1 fully saturated rings. The van der Waals surface area contributed by atoms with Crippen LogP contribution in [0.4, 0.5) is 4.79 Å². The summed E-state index contributed by atoms with van der Waals surface area (Å²) in [6.45, 7) is 4.47. The van der Waals surface area contributed by atoms with Crippen molar-refractivity contribution >= 4 is 12.0 Å². The van der Waals surface area contributed by atoms with Crippen LogP contribution in [0.1, 0.15) is 58.8 Å². The number of carbonyl (C=O) groups is 2. The van der Waals surface area contributed by atoms with Gasteiger partial charge in [-0.15, -0.1) is 0 Å². The molecule has 0 aliphatic heterocycles. The van der Waals surface area contributed by atoms with Crippen molar-refractivity contribution < 1.29 is 14.7 Å². The zero-order valence-corrected chi connectivity index (χ0v) is 13.0. The molecule has 5 nitrogen and oxygen atoms in total. The Hall–Kier alpha value is -1.26. The van der Waals surface area contributed by atoms with Crippen LogP contribution in [0.25, 0.3) is 0 Å². The zero-order chi connectivity index (χ0) is 15.1. The summed E-state index contributed by atoms with van der Waals surface area (Å²) in [6.07, 6.45) is 6.46. The number of amides is 2. The van der Waals surface area contributed by atoms with Gasteiger partial charge in [0, 0.05) is 32.1 Å². The van der Waals surface area contributed by atoms with E-state index in [0.29, 0.717) is 19.0 Å². The summed E-state index contributed by atoms with van der Waals surface area (Å²) in [5, 5.41) is 8.70. The number of aliphatic carboxylic acids is 1. The van der Waals surface area contributed by atoms with Crippen LogP contribution in [0, 0.1) is 0 Å². The molecule has 0 saturated heterocycles. The number of urea groups is 1. The first-order valence-electron chi connectivity index (χ1n) is 7.68. The monoisotopic (exact) mass is 284 g/mol. The standard InChI is InChI=1S/C15H28N2O3/c1-12(2)17(11-7-10-14(18)19)15(20)16(3)13-8-5-4-6-9-13/h12-13H,4-11H2,1-3H3,(H,18,19). The molecule has 1 N–H and O–H groups in total. The Labute approximate surface area is 121 Å². The number of nitrogens with zero attached hydrogens (tertiary/aromatic N) is 2. The van der Waals surface area contributed by atoms with Crippen LogP contribution < -0.4 is 0 Å². The van der Waals surface area contributed by atoms with Gasteiger partial charge in [0.05, 0.1) is 0 Å². The van der Waals surface area contributed by atoms with Crippen LogP contribution in [0.15, 0.2) is 0 Å². The van der Waals surface area contributed by atoms with Gasteiger partial charge in [-0.2, -0.15) is 0 Å². The molecule has 1 aliphatic rings. The van der Waals surface area contributed by atoms with Gasteiger partial charge >= 0.3 is 12.0 Å². The molecule has 1 rings (SSSR count). The van der Waals surface area contributed by atoms with E-state index in [1.165, 1.54) is 19.3 Å². The number of hydrogen-bond donors (Lipinski definition) is 1. The van der Waals surface area contributed by atoms with E-state index in [1.807, 2.05) is 25.8 Å². The highest BCUT2D eigenvalue weighted by Crippen LogP contribution is 2.23. The largest absolute Gasteiger partial charge is 0.481 e. The molecule has 0 spiro atoms. The first-order chi connectivity index (χ1) is 9.43. The predicted molar refractivity (Wildman–Crippen MR) is 78.7 cm³/mol. The van der Waals surface area contributed by atoms with Crippen molar-refractivity contribution in [2.45, 2.75) is 70.9 Å². The molecule has 0 unspecified atom stereocenters. The van der Waals surface area contributed by atoms with Crippen molar-refractivity contribution in [2.24, 2.45) is 0 Å². The quantitative estimate of drug-likeness (QED) is 0.815. The molecule has 0 bridgehead atoms. The van der Waals surface area contributed by atoms with Gasteiger partial charge < -0.3 is 14.9 Å². The lowest BCUT2D eigenvalue weighted by Crippen LogP contribution is -2.49. The minimum atomic E-state index is -0.804. The van der Waals surface area contributed by atoms with E-state index in [-0.39, 0.29) is 18.5 Å². The Morgan fingerprint density at radius 1 is 1.20 bits per heavy atom. The van der Waals surface area contributed by atoms with Crippen molar-refractivity contribution in [1.82, 2.24) is 9.80 Å². The van der Waals surface area contributed by atoms with Crippen LogP contribution in [-0.2, 0) is 4.79 Å². The van der Waals surface area contributed by atoms with Gasteiger partial charge in [0.15, 0.2) is 0 Å². The van der Waals surface area contributed by atoms with Crippen molar-refractivity contribution in [3.63, 3.8) is 0 Å². The highest BCUT2D eigenvalue weighted by Gasteiger charge is 2.27. The molecule has 5 heteroatoms. The smallest absolute Gasteiger partial charge is 0.320 e. The van der Waals surface area contributed by atoms with E-state index in [1.54, 1.807) is 4.90 Å². The molecule has 2 amide bonds. The van der Waals surface area contributed by atoms with Crippen molar-refractivity contribution in [3.8, 4) is 0 Å². The minimum absolute atomic E-state index is 0.0392. The maximum absolute atomic E-state index is 12.6. The Balaban J connectivity index is 2.55.